The van der Waals surface area contributed by atoms with E-state index in [-0.39, 0.29) is 0 Å². The molecule has 0 saturated carbocycles. The minimum absolute atomic E-state index is 0.574. The third-order valence-electron chi connectivity index (χ3n) is 3.08. The number of aliphatic hydroxyl groups excluding tert-OH is 2. The normalized spacial score (nSPS) is 33.0. The van der Waals surface area contributed by atoms with Gasteiger partial charge in [-0.25, -0.2) is 9.18 Å². The van der Waals surface area contributed by atoms with Gasteiger partial charge in [0, 0.05) is 0 Å². The number of hydrogen-bond donors (Lipinski definition) is 4. The average molecular weight is 285 g/mol. The van der Waals surface area contributed by atoms with Gasteiger partial charge in [0.25, 0.3) is 0 Å². The highest BCUT2D eigenvalue weighted by Gasteiger charge is 2.55. The van der Waals surface area contributed by atoms with Crippen LogP contribution in [0.15, 0.2) is 11.0 Å². The molecule has 1 aliphatic rings. The quantitative estimate of drug-likeness (QED) is 0.445. The van der Waals surface area contributed by atoms with Crippen molar-refractivity contribution in [3.8, 4) is 12.3 Å². The molecule has 0 bridgehead atoms. The van der Waals surface area contributed by atoms with Crippen molar-refractivity contribution in [2.24, 2.45) is 0 Å². The van der Waals surface area contributed by atoms with E-state index in [0.29, 0.717) is 10.8 Å². The molecule has 108 valence electrons. The van der Waals surface area contributed by atoms with E-state index in [1.807, 2.05) is 5.92 Å². The number of nitrogen functional groups attached to an aromatic ring is 1. The summed E-state index contributed by atoms with van der Waals surface area (Å²) >= 11 is 0. The van der Waals surface area contributed by atoms with Crippen LogP contribution in [0.3, 0.4) is 0 Å². The molecule has 1 unspecified atom stereocenters. The van der Waals surface area contributed by atoms with Gasteiger partial charge in [-0.05, 0) is 0 Å². The van der Waals surface area contributed by atoms with Crippen molar-refractivity contribution in [1.29, 1.82) is 0 Å². The maximum atomic E-state index is 13.4. The van der Waals surface area contributed by atoms with Crippen LogP contribution in [0.5, 0.6) is 0 Å². The van der Waals surface area contributed by atoms with Crippen molar-refractivity contribution >= 4 is 5.82 Å². The zero-order valence-electron chi connectivity index (χ0n) is 10.1. The summed E-state index contributed by atoms with van der Waals surface area (Å²) in [6.45, 7) is -0.651. The zero-order chi connectivity index (χ0) is 15.1. The van der Waals surface area contributed by atoms with E-state index < -0.39 is 48.0 Å². The van der Waals surface area contributed by atoms with Gasteiger partial charge < -0.3 is 25.8 Å². The van der Waals surface area contributed by atoms with Crippen molar-refractivity contribution in [2.45, 2.75) is 24.0 Å². The molecule has 2 heterocycles. The molecule has 1 aromatic heterocycles. The topological polar surface area (TPSA) is 131 Å². The van der Waals surface area contributed by atoms with Crippen molar-refractivity contribution in [3.63, 3.8) is 0 Å². The number of rotatable bonds is 2. The molecule has 5 N–H and O–H groups in total. The van der Waals surface area contributed by atoms with E-state index in [0.717, 1.165) is 0 Å². The Morgan fingerprint density at radius 1 is 1.70 bits per heavy atom. The fraction of sp³-hybridized carbons (Fsp3) is 0.455. The largest absolute Gasteiger partial charge is 0.394 e. The molecule has 0 aliphatic carbocycles. The Hall–Kier alpha value is -1.99. The van der Waals surface area contributed by atoms with Gasteiger partial charge in [-0.3, -0.25) is 4.57 Å². The Morgan fingerprint density at radius 2 is 2.35 bits per heavy atom. The molecule has 0 spiro atoms. The van der Waals surface area contributed by atoms with Crippen LogP contribution in [0.25, 0.3) is 0 Å². The lowest BCUT2D eigenvalue weighted by Gasteiger charge is -2.26. The molecule has 4 atom stereocenters. The van der Waals surface area contributed by atoms with Crippen LogP contribution in [-0.4, -0.2) is 49.3 Å². The lowest BCUT2D eigenvalue weighted by Crippen LogP contribution is -2.47. The monoisotopic (exact) mass is 285 g/mol. The maximum absolute atomic E-state index is 13.4. The van der Waals surface area contributed by atoms with E-state index in [2.05, 4.69) is 4.98 Å². The van der Waals surface area contributed by atoms with Gasteiger partial charge in [-0.1, -0.05) is 5.92 Å². The third-order valence-corrected chi connectivity index (χ3v) is 3.08. The SMILES string of the molecule is C#C[C@@]1(O)C(O)[C@@H](CO)O[C@H]1n1cc(F)c(N)nc1=O. The number of aliphatic hydroxyl groups is 3. The summed E-state index contributed by atoms with van der Waals surface area (Å²) in [5.74, 6) is 0.256. The molecular formula is C11H12FN3O5. The zero-order valence-corrected chi connectivity index (χ0v) is 10.1. The van der Waals surface area contributed by atoms with Crippen LogP contribution >= 0.6 is 0 Å². The summed E-state index contributed by atoms with van der Waals surface area (Å²) < 4.78 is 19.1. The Kier molecular flexibility index (Phi) is 3.49. The highest BCUT2D eigenvalue weighted by atomic mass is 19.1. The number of terminal acetylenes is 1. The fourth-order valence-electron chi connectivity index (χ4n) is 1.98. The Balaban J connectivity index is 2.55. The fourth-order valence-corrected chi connectivity index (χ4v) is 1.98. The molecule has 2 rings (SSSR count). The standard InChI is InChI=1S/C11H12FN3O5/c1-2-11(19)7(17)6(4-16)20-9(11)15-3-5(12)8(13)14-10(15)18/h1,3,6-7,9,16-17,19H,4H2,(H2,13,14,18)/t6-,7?,9-,11-/m1/s1. The number of aromatic nitrogens is 2. The summed E-state index contributed by atoms with van der Waals surface area (Å²) in [6.07, 6.45) is 1.31. The highest BCUT2D eigenvalue weighted by molar-refractivity contribution is 5.27. The van der Waals surface area contributed by atoms with Crippen LogP contribution in [-0.2, 0) is 4.74 Å². The first kappa shape index (κ1) is 14.4. The summed E-state index contributed by atoms with van der Waals surface area (Å²) in [5, 5.41) is 29.1. The molecule has 1 aromatic rings. The third kappa shape index (κ3) is 1.95. The predicted molar refractivity (Wildman–Crippen MR) is 63.7 cm³/mol. The Labute approximate surface area is 112 Å². The van der Waals surface area contributed by atoms with E-state index >= 15 is 0 Å². The smallest absolute Gasteiger partial charge is 0.351 e. The number of nitrogens with zero attached hydrogens (tertiary/aromatic N) is 2. The van der Waals surface area contributed by atoms with Gasteiger partial charge in [0.05, 0.1) is 12.8 Å². The van der Waals surface area contributed by atoms with Gasteiger partial charge in [-0.2, -0.15) is 4.98 Å². The van der Waals surface area contributed by atoms with Gasteiger partial charge in [0.15, 0.2) is 23.5 Å². The molecular weight excluding hydrogens is 273 g/mol. The second-order valence-corrected chi connectivity index (χ2v) is 4.29. The highest BCUT2D eigenvalue weighted by Crippen LogP contribution is 2.37. The Morgan fingerprint density at radius 3 is 2.90 bits per heavy atom. The molecule has 1 saturated heterocycles. The number of nitrogens with two attached hydrogens (primary N) is 1. The summed E-state index contributed by atoms with van der Waals surface area (Å²) in [4.78, 5) is 14.9. The molecule has 0 amide bonds. The lowest BCUT2D eigenvalue weighted by molar-refractivity contribution is -0.0767. The number of hydrogen-bond acceptors (Lipinski definition) is 7. The van der Waals surface area contributed by atoms with Crippen molar-refractivity contribution in [1.82, 2.24) is 9.55 Å². The van der Waals surface area contributed by atoms with Gasteiger partial charge in [0.1, 0.15) is 12.2 Å². The number of ether oxygens (including phenoxy) is 1. The van der Waals surface area contributed by atoms with E-state index in [4.69, 9.17) is 22.0 Å². The molecule has 1 aliphatic heterocycles. The predicted octanol–water partition coefficient (Wildman–Crippen LogP) is -2.42. The molecule has 9 heteroatoms. The number of anilines is 1. The second-order valence-electron chi connectivity index (χ2n) is 4.29. The van der Waals surface area contributed by atoms with Crippen molar-refractivity contribution in [2.75, 3.05) is 12.3 Å². The van der Waals surface area contributed by atoms with Crippen molar-refractivity contribution < 1.29 is 24.4 Å². The first-order valence-corrected chi connectivity index (χ1v) is 5.53. The summed E-state index contributed by atoms with van der Waals surface area (Å²) in [5.41, 5.74) is 1.80. The molecule has 20 heavy (non-hydrogen) atoms. The summed E-state index contributed by atoms with van der Waals surface area (Å²) in [6, 6.07) is 0. The minimum atomic E-state index is -2.32. The lowest BCUT2D eigenvalue weighted by atomic mass is 9.95. The van der Waals surface area contributed by atoms with Crippen LogP contribution in [0, 0.1) is 18.2 Å². The van der Waals surface area contributed by atoms with Crippen molar-refractivity contribution in [3.05, 3.63) is 22.5 Å². The first-order valence-electron chi connectivity index (χ1n) is 5.53. The van der Waals surface area contributed by atoms with Gasteiger partial charge in [-0.15, -0.1) is 6.42 Å². The van der Waals surface area contributed by atoms with E-state index in [1.54, 1.807) is 0 Å². The molecule has 0 radical (unpaired) electrons. The van der Waals surface area contributed by atoms with Gasteiger partial charge >= 0.3 is 5.69 Å². The van der Waals surface area contributed by atoms with Crippen LogP contribution in [0.1, 0.15) is 6.23 Å². The van der Waals surface area contributed by atoms with E-state index in [1.165, 1.54) is 0 Å². The average Bonchev–Trinajstić information content (AvgIpc) is 2.67. The minimum Gasteiger partial charge on any atom is -0.394 e. The van der Waals surface area contributed by atoms with Gasteiger partial charge in [0.2, 0.25) is 0 Å². The second kappa shape index (κ2) is 4.84. The van der Waals surface area contributed by atoms with Crippen LogP contribution < -0.4 is 11.4 Å². The van der Waals surface area contributed by atoms with Crippen LogP contribution in [0.4, 0.5) is 10.2 Å². The molecule has 0 aromatic carbocycles. The Bertz CT molecular complexity index is 627. The first-order chi connectivity index (χ1) is 9.35. The summed E-state index contributed by atoms with van der Waals surface area (Å²) in [7, 11) is 0. The van der Waals surface area contributed by atoms with Crippen LogP contribution in [0.2, 0.25) is 0 Å². The molecule has 1 fully saturated rings. The van der Waals surface area contributed by atoms with E-state index in [9.17, 15) is 19.4 Å². The molecule has 8 nitrogen and oxygen atoms in total. The maximum Gasteiger partial charge on any atom is 0.351 e. The number of halogens is 1.